The van der Waals surface area contributed by atoms with Gasteiger partial charge in [0.25, 0.3) is 0 Å². The smallest absolute Gasteiger partial charge is 0.132 e. The molecule has 2 fully saturated rings. The fourth-order valence-corrected chi connectivity index (χ4v) is 3.89. The highest BCUT2D eigenvalue weighted by Gasteiger charge is 2.36. The number of benzene rings is 1. The summed E-state index contributed by atoms with van der Waals surface area (Å²) in [6.45, 7) is 5.59. The Labute approximate surface area is 144 Å². The van der Waals surface area contributed by atoms with Crippen LogP contribution in [0.1, 0.15) is 36.8 Å². The number of likely N-dealkylation sites (tertiary alicyclic amines) is 1. The first kappa shape index (κ1) is 15.6. The highest BCUT2D eigenvalue weighted by molar-refractivity contribution is 5.41. The molecule has 0 N–H and O–H groups in total. The number of nitrogens with zero attached hydrogens (tertiary/aromatic N) is 4. The number of aromatic nitrogens is 2. The zero-order valence-electron chi connectivity index (χ0n) is 14.4. The Morgan fingerprint density at radius 1 is 1.08 bits per heavy atom. The van der Waals surface area contributed by atoms with Crippen molar-refractivity contribution >= 4 is 5.82 Å². The van der Waals surface area contributed by atoms with Crippen LogP contribution in [-0.2, 0) is 6.54 Å². The molecule has 0 atom stereocenters. The van der Waals surface area contributed by atoms with Crippen molar-refractivity contribution in [1.29, 1.82) is 0 Å². The molecule has 1 aliphatic carbocycles. The van der Waals surface area contributed by atoms with E-state index in [1.807, 2.05) is 6.20 Å². The monoisotopic (exact) mass is 322 g/mol. The quantitative estimate of drug-likeness (QED) is 0.844. The van der Waals surface area contributed by atoms with Crippen molar-refractivity contribution in [2.45, 2.75) is 51.2 Å². The van der Waals surface area contributed by atoms with E-state index in [0.29, 0.717) is 12.1 Å². The zero-order valence-corrected chi connectivity index (χ0v) is 14.4. The van der Waals surface area contributed by atoms with Gasteiger partial charge in [0.15, 0.2) is 0 Å². The average molecular weight is 322 g/mol. The van der Waals surface area contributed by atoms with E-state index in [-0.39, 0.29) is 0 Å². The van der Waals surface area contributed by atoms with Gasteiger partial charge < -0.3 is 4.90 Å². The standard InChI is InChI=1S/C20H26N4/c1-16-3-2-4-17(13-16)14-23-11-8-19(9-12-23)24(18-5-6-18)20-7-10-21-15-22-20/h2-4,7,10,13,15,18-19H,5-6,8-9,11-12,14H2,1H3. The van der Waals surface area contributed by atoms with Crippen molar-refractivity contribution in [1.82, 2.24) is 14.9 Å². The highest BCUT2D eigenvalue weighted by atomic mass is 15.3. The van der Waals surface area contributed by atoms with Gasteiger partial charge in [-0.1, -0.05) is 29.8 Å². The maximum Gasteiger partial charge on any atom is 0.132 e. The zero-order chi connectivity index (χ0) is 16.4. The summed E-state index contributed by atoms with van der Waals surface area (Å²) in [6.07, 6.45) is 8.63. The van der Waals surface area contributed by atoms with Crippen LogP contribution in [0.3, 0.4) is 0 Å². The fourth-order valence-electron chi connectivity index (χ4n) is 3.89. The lowest BCUT2D eigenvalue weighted by Crippen LogP contribution is -2.46. The molecule has 4 nitrogen and oxygen atoms in total. The van der Waals surface area contributed by atoms with E-state index in [0.717, 1.165) is 12.4 Å². The summed E-state index contributed by atoms with van der Waals surface area (Å²) in [5, 5.41) is 0. The van der Waals surface area contributed by atoms with E-state index < -0.39 is 0 Å². The van der Waals surface area contributed by atoms with Crippen molar-refractivity contribution in [3.8, 4) is 0 Å². The van der Waals surface area contributed by atoms with Crippen LogP contribution >= 0.6 is 0 Å². The summed E-state index contributed by atoms with van der Waals surface area (Å²) in [6, 6.07) is 12.3. The Bertz CT molecular complexity index is 660. The second-order valence-corrected chi connectivity index (χ2v) is 7.20. The molecule has 0 bridgehead atoms. The number of hydrogen-bond acceptors (Lipinski definition) is 4. The van der Waals surface area contributed by atoms with Gasteiger partial charge in [0.2, 0.25) is 0 Å². The minimum Gasteiger partial charge on any atom is -0.350 e. The van der Waals surface area contributed by atoms with E-state index in [9.17, 15) is 0 Å². The summed E-state index contributed by atoms with van der Waals surface area (Å²) in [4.78, 5) is 13.8. The lowest BCUT2D eigenvalue weighted by Gasteiger charge is -2.39. The molecule has 1 aromatic carbocycles. The molecule has 2 aliphatic rings. The molecular weight excluding hydrogens is 296 g/mol. The van der Waals surface area contributed by atoms with E-state index in [1.54, 1.807) is 6.33 Å². The Kier molecular flexibility index (Phi) is 4.48. The van der Waals surface area contributed by atoms with Crippen molar-refractivity contribution in [2.24, 2.45) is 0 Å². The SMILES string of the molecule is Cc1cccc(CN2CCC(N(c3ccncn3)C3CC3)CC2)c1. The number of rotatable bonds is 5. The first-order chi connectivity index (χ1) is 11.8. The third-order valence-electron chi connectivity index (χ3n) is 5.21. The Morgan fingerprint density at radius 3 is 2.54 bits per heavy atom. The van der Waals surface area contributed by atoms with Crippen LogP contribution in [0.15, 0.2) is 42.9 Å². The first-order valence-corrected chi connectivity index (χ1v) is 9.12. The van der Waals surface area contributed by atoms with E-state index in [1.165, 1.54) is 49.9 Å². The van der Waals surface area contributed by atoms with Crippen molar-refractivity contribution < 1.29 is 0 Å². The normalized spacial score (nSPS) is 19.4. The summed E-state index contributed by atoms with van der Waals surface area (Å²) in [5.41, 5.74) is 2.79. The Morgan fingerprint density at radius 2 is 1.88 bits per heavy atom. The van der Waals surface area contributed by atoms with E-state index in [2.05, 4.69) is 57.0 Å². The third kappa shape index (κ3) is 3.59. The average Bonchev–Trinajstić information content (AvgIpc) is 3.43. The van der Waals surface area contributed by atoms with Gasteiger partial charge >= 0.3 is 0 Å². The predicted octanol–water partition coefficient (Wildman–Crippen LogP) is 3.42. The predicted molar refractivity (Wildman–Crippen MR) is 97.0 cm³/mol. The molecular formula is C20H26N4. The molecule has 1 saturated heterocycles. The summed E-state index contributed by atoms with van der Waals surface area (Å²) in [5.74, 6) is 1.12. The number of anilines is 1. The third-order valence-corrected chi connectivity index (χ3v) is 5.21. The first-order valence-electron chi connectivity index (χ1n) is 9.12. The van der Waals surface area contributed by atoms with Crippen LogP contribution in [0.4, 0.5) is 5.82 Å². The van der Waals surface area contributed by atoms with Crippen molar-refractivity contribution in [2.75, 3.05) is 18.0 Å². The van der Waals surface area contributed by atoms with Crippen LogP contribution < -0.4 is 4.90 Å². The van der Waals surface area contributed by atoms with Gasteiger partial charge in [0, 0.05) is 37.9 Å². The lowest BCUT2D eigenvalue weighted by molar-refractivity contribution is 0.200. The van der Waals surface area contributed by atoms with Gasteiger partial charge in [-0.15, -0.1) is 0 Å². The summed E-state index contributed by atoms with van der Waals surface area (Å²) < 4.78 is 0. The largest absolute Gasteiger partial charge is 0.350 e. The lowest BCUT2D eigenvalue weighted by atomic mass is 10.0. The van der Waals surface area contributed by atoms with Crippen LogP contribution in [0.5, 0.6) is 0 Å². The number of hydrogen-bond donors (Lipinski definition) is 0. The maximum absolute atomic E-state index is 4.51. The Balaban J connectivity index is 1.38. The second-order valence-electron chi connectivity index (χ2n) is 7.20. The van der Waals surface area contributed by atoms with Gasteiger partial charge in [0.1, 0.15) is 12.1 Å². The minimum atomic E-state index is 0.626. The molecule has 24 heavy (non-hydrogen) atoms. The van der Waals surface area contributed by atoms with Crippen LogP contribution in [0.25, 0.3) is 0 Å². The molecule has 0 spiro atoms. The minimum absolute atomic E-state index is 0.626. The summed E-state index contributed by atoms with van der Waals surface area (Å²) in [7, 11) is 0. The topological polar surface area (TPSA) is 32.3 Å². The molecule has 0 amide bonds. The molecule has 1 aromatic heterocycles. The molecule has 2 heterocycles. The van der Waals surface area contributed by atoms with Crippen LogP contribution in [0, 0.1) is 6.92 Å². The van der Waals surface area contributed by atoms with Crippen molar-refractivity contribution in [3.63, 3.8) is 0 Å². The second kappa shape index (κ2) is 6.89. The molecule has 0 unspecified atom stereocenters. The van der Waals surface area contributed by atoms with Gasteiger partial charge in [-0.3, -0.25) is 4.90 Å². The molecule has 4 rings (SSSR count). The molecule has 126 valence electrons. The molecule has 2 aromatic rings. The van der Waals surface area contributed by atoms with E-state index in [4.69, 9.17) is 0 Å². The molecule has 0 radical (unpaired) electrons. The molecule has 1 saturated carbocycles. The highest BCUT2D eigenvalue weighted by Crippen LogP contribution is 2.35. The molecule has 1 aliphatic heterocycles. The van der Waals surface area contributed by atoms with Gasteiger partial charge in [0.05, 0.1) is 0 Å². The summed E-state index contributed by atoms with van der Waals surface area (Å²) >= 11 is 0. The van der Waals surface area contributed by atoms with E-state index >= 15 is 0 Å². The maximum atomic E-state index is 4.51. The fraction of sp³-hybridized carbons (Fsp3) is 0.500. The van der Waals surface area contributed by atoms with Crippen LogP contribution in [0.2, 0.25) is 0 Å². The van der Waals surface area contributed by atoms with Crippen LogP contribution in [-0.4, -0.2) is 40.0 Å². The molecule has 4 heteroatoms. The number of aryl methyl sites for hydroxylation is 1. The van der Waals surface area contributed by atoms with Crippen molar-refractivity contribution in [3.05, 3.63) is 54.0 Å². The Hall–Kier alpha value is -1.94. The van der Waals surface area contributed by atoms with Gasteiger partial charge in [-0.2, -0.15) is 0 Å². The number of piperidine rings is 1. The van der Waals surface area contributed by atoms with Gasteiger partial charge in [-0.25, -0.2) is 9.97 Å². The van der Waals surface area contributed by atoms with Gasteiger partial charge in [-0.05, 0) is 44.2 Å².